The Hall–Kier alpha value is -1.62. The van der Waals surface area contributed by atoms with Gasteiger partial charge in [-0.2, -0.15) is 0 Å². The van der Waals surface area contributed by atoms with Crippen LogP contribution in [0.2, 0.25) is 0 Å². The zero-order valence-electron chi connectivity index (χ0n) is 10.4. The van der Waals surface area contributed by atoms with Crippen LogP contribution in [0.1, 0.15) is 36.5 Å². The second kappa shape index (κ2) is 5.82. The van der Waals surface area contributed by atoms with Gasteiger partial charge in [0.15, 0.2) is 5.69 Å². The van der Waals surface area contributed by atoms with Gasteiger partial charge in [-0.25, -0.2) is 9.78 Å². The van der Waals surface area contributed by atoms with Crippen molar-refractivity contribution in [1.82, 2.24) is 4.98 Å². The third-order valence-corrected chi connectivity index (χ3v) is 3.23. The van der Waals surface area contributed by atoms with E-state index < -0.39 is 5.97 Å². The lowest BCUT2D eigenvalue weighted by Gasteiger charge is -1.98. The maximum atomic E-state index is 11.8. The second-order valence-corrected chi connectivity index (χ2v) is 4.69. The minimum Gasteiger partial charge on any atom is -0.461 e. The molecular weight excluding hydrogens is 250 g/mol. The molecule has 2 heterocycles. The maximum absolute atomic E-state index is 11.8. The molecule has 0 aliphatic carbocycles. The molecule has 0 spiro atoms. The molecule has 2 aromatic heterocycles. The standard InChI is InChI=1S/C13H15NO3S/c1-3-6-9-11(13(15)16-4-2)14-12(17-9)10-7-5-8-18-10/h5,7-8H,3-4,6H2,1-2H3. The quantitative estimate of drug-likeness (QED) is 0.776. The number of carbonyl (C=O) groups excluding carboxylic acids is 1. The first-order valence-electron chi connectivity index (χ1n) is 5.97. The van der Waals surface area contributed by atoms with Crippen molar-refractivity contribution in [2.24, 2.45) is 0 Å². The molecule has 0 radical (unpaired) electrons. The fourth-order valence-corrected chi connectivity index (χ4v) is 2.26. The number of aromatic nitrogens is 1. The summed E-state index contributed by atoms with van der Waals surface area (Å²) in [7, 11) is 0. The lowest BCUT2D eigenvalue weighted by molar-refractivity contribution is 0.0517. The number of rotatable bonds is 5. The van der Waals surface area contributed by atoms with Gasteiger partial charge in [0.2, 0.25) is 5.89 Å². The van der Waals surface area contributed by atoms with Gasteiger partial charge in [0.1, 0.15) is 5.76 Å². The number of hydrogen-bond acceptors (Lipinski definition) is 5. The van der Waals surface area contributed by atoms with Gasteiger partial charge in [0.05, 0.1) is 11.5 Å². The van der Waals surface area contributed by atoms with Gasteiger partial charge in [-0.3, -0.25) is 0 Å². The van der Waals surface area contributed by atoms with Gasteiger partial charge in [-0.05, 0) is 24.8 Å². The molecule has 2 aromatic rings. The van der Waals surface area contributed by atoms with E-state index >= 15 is 0 Å². The van der Waals surface area contributed by atoms with Crippen LogP contribution in [0, 0.1) is 0 Å². The van der Waals surface area contributed by atoms with Crippen molar-refractivity contribution >= 4 is 17.3 Å². The van der Waals surface area contributed by atoms with Crippen LogP contribution in [0.4, 0.5) is 0 Å². The van der Waals surface area contributed by atoms with Gasteiger partial charge in [0, 0.05) is 6.42 Å². The summed E-state index contributed by atoms with van der Waals surface area (Å²) in [5, 5.41) is 1.95. The molecule has 0 aliphatic heterocycles. The Morgan fingerprint density at radius 3 is 2.94 bits per heavy atom. The number of esters is 1. The second-order valence-electron chi connectivity index (χ2n) is 3.74. The van der Waals surface area contributed by atoms with Crippen molar-refractivity contribution in [3.05, 3.63) is 29.0 Å². The topological polar surface area (TPSA) is 52.3 Å². The van der Waals surface area contributed by atoms with Gasteiger partial charge in [-0.1, -0.05) is 13.0 Å². The van der Waals surface area contributed by atoms with Gasteiger partial charge >= 0.3 is 5.97 Å². The lowest BCUT2D eigenvalue weighted by atomic mass is 10.2. The van der Waals surface area contributed by atoms with Crippen molar-refractivity contribution in [2.75, 3.05) is 6.61 Å². The first kappa shape index (κ1) is 12.8. The minimum absolute atomic E-state index is 0.308. The number of ether oxygens (including phenoxy) is 1. The van der Waals surface area contributed by atoms with E-state index in [-0.39, 0.29) is 0 Å². The molecule has 0 N–H and O–H groups in total. The predicted molar refractivity (Wildman–Crippen MR) is 69.8 cm³/mol. The Morgan fingerprint density at radius 2 is 2.33 bits per heavy atom. The van der Waals surface area contributed by atoms with Crippen LogP contribution < -0.4 is 0 Å². The number of thiophene rings is 1. The maximum Gasteiger partial charge on any atom is 0.360 e. The fourth-order valence-electron chi connectivity index (χ4n) is 1.61. The largest absolute Gasteiger partial charge is 0.461 e. The van der Waals surface area contributed by atoms with Crippen molar-refractivity contribution in [3.63, 3.8) is 0 Å². The molecule has 5 heteroatoms. The Balaban J connectivity index is 2.35. The monoisotopic (exact) mass is 265 g/mol. The molecule has 4 nitrogen and oxygen atoms in total. The molecule has 0 unspecified atom stereocenters. The summed E-state index contributed by atoms with van der Waals surface area (Å²) >= 11 is 1.53. The molecular formula is C13H15NO3S. The zero-order chi connectivity index (χ0) is 13.0. The Labute approximate surface area is 110 Å². The van der Waals surface area contributed by atoms with Crippen molar-refractivity contribution in [2.45, 2.75) is 26.7 Å². The van der Waals surface area contributed by atoms with E-state index in [0.29, 0.717) is 30.4 Å². The molecule has 0 saturated carbocycles. The average molecular weight is 265 g/mol. The van der Waals surface area contributed by atoms with E-state index in [2.05, 4.69) is 4.98 Å². The molecule has 96 valence electrons. The molecule has 0 fully saturated rings. The smallest absolute Gasteiger partial charge is 0.360 e. The third-order valence-electron chi connectivity index (χ3n) is 2.38. The highest BCUT2D eigenvalue weighted by atomic mass is 32.1. The van der Waals surface area contributed by atoms with E-state index in [0.717, 1.165) is 11.3 Å². The van der Waals surface area contributed by atoms with Crippen LogP contribution in [0.15, 0.2) is 21.9 Å². The molecule has 0 amide bonds. The van der Waals surface area contributed by atoms with E-state index in [9.17, 15) is 4.79 Å². The molecule has 0 saturated heterocycles. The number of nitrogens with zero attached hydrogens (tertiary/aromatic N) is 1. The fraction of sp³-hybridized carbons (Fsp3) is 0.385. The summed E-state index contributed by atoms with van der Waals surface area (Å²) in [6.07, 6.45) is 1.58. The van der Waals surface area contributed by atoms with E-state index in [1.807, 2.05) is 24.4 Å². The van der Waals surface area contributed by atoms with Crippen LogP contribution in [0.25, 0.3) is 10.8 Å². The average Bonchev–Trinajstić information content (AvgIpc) is 2.97. The Morgan fingerprint density at radius 1 is 1.50 bits per heavy atom. The van der Waals surface area contributed by atoms with Crippen LogP contribution in [-0.2, 0) is 11.2 Å². The number of oxazole rings is 1. The summed E-state index contributed by atoms with van der Waals surface area (Å²) in [4.78, 5) is 17.0. The van der Waals surface area contributed by atoms with Crippen LogP contribution in [0.5, 0.6) is 0 Å². The van der Waals surface area contributed by atoms with Crippen molar-refractivity contribution in [1.29, 1.82) is 0 Å². The Kier molecular flexibility index (Phi) is 4.15. The molecule has 0 aliphatic rings. The van der Waals surface area contributed by atoms with E-state index in [1.54, 1.807) is 6.92 Å². The Bertz CT molecular complexity index is 516. The van der Waals surface area contributed by atoms with Gasteiger partial charge in [-0.15, -0.1) is 11.3 Å². The van der Waals surface area contributed by atoms with Crippen LogP contribution in [0.3, 0.4) is 0 Å². The highest BCUT2D eigenvalue weighted by Gasteiger charge is 2.21. The van der Waals surface area contributed by atoms with Crippen LogP contribution >= 0.6 is 11.3 Å². The molecule has 0 aromatic carbocycles. The predicted octanol–water partition coefficient (Wildman–Crippen LogP) is 3.53. The van der Waals surface area contributed by atoms with Gasteiger partial charge < -0.3 is 9.15 Å². The van der Waals surface area contributed by atoms with E-state index in [4.69, 9.17) is 9.15 Å². The SMILES string of the molecule is CCCc1oc(-c2cccs2)nc1C(=O)OCC. The molecule has 2 rings (SSSR count). The summed E-state index contributed by atoms with van der Waals surface area (Å²) in [5.74, 6) is 0.698. The highest BCUT2D eigenvalue weighted by molar-refractivity contribution is 7.13. The summed E-state index contributed by atoms with van der Waals surface area (Å²) in [6, 6.07) is 3.84. The molecule has 0 bridgehead atoms. The third kappa shape index (κ3) is 2.61. The number of aryl methyl sites for hydroxylation is 1. The number of carbonyl (C=O) groups is 1. The molecule has 0 atom stereocenters. The summed E-state index contributed by atoms with van der Waals surface area (Å²) < 4.78 is 10.7. The van der Waals surface area contributed by atoms with Gasteiger partial charge in [0.25, 0.3) is 0 Å². The highest BCUT2D eigenvalue weighted by Crippen LogP contribution is 2.27. The first-order chi connectivity index (χ1) is 8.76. The zero-order valence-corrected chi connectivity index (χ0v) is 11.3. The number of hydrogen-bond donors (Lipinski definition) is 0. The first-order valence-corrected chi connectivity index (χ1v) is 6.84. The van der Waals surface area contributed by atoms with Crippen molar-refractivity contribution < 1.29 is 13.9 Å². The molecule has 18 heavy (non-hydrogen) atoms. The lowest BCUT2D eigenvalue weighted by Crippen LogP contribution is -2.07. The summed E-state index contributed by atoms with van der Waals surface area (Å²) in [5.41, 5.74) is 0.308. The van der Waals surface area contributed by atoms with Crippen LogP contribution in [-0.4, -0.2) is 17.6 Å². The van der Waals surface area contributed by atoms with E-state index in [1.165, 1.54) is 11.3 Å². The summed E-state index contributed by atoms with van der Waals surface area (Å²) in [6.45, 7) is 4.14. The normalized spacial score (nSPS) is 10.6. The van der Waals surface area contributed by atoms with Crippen molar-refractivity contribution in [3.8, 4) is 10.8 Å². The minimum atomic E-state index is -0.410.